The molecule has 2 heteroatoms. The number of benzene rings is 1. The Morgan fingerprint density at radius 3 is 2.50 bits per heavy atom. The highest BCUT2D eigenvalue weighted by atomic mass is 15.1. The molecule has 0 aromatic heterocycles. The maximum Gasteiger partial charge on any atom is 0.0640 e. The van der Waals surface area contributed by atoms with Crippen LogP contribution >= 0.6 is 0 Å². The quantitative estimate of drug-likeness (QED) is 0.780. The molecule has 1 aromatic rings. The van der Waals surface area contributed by atoms with Gasteiger partial charge in [0.2, 0.25) is 0 Å². The molecule has 1 fully saturated rings. The van der Waals surface area contributed by atoms with Gasteiger partial charge < -0.3 is 4.90 Å². The van der Waals surface area contributed by atoms with E-state index in [0.717, 1.165) is 19.0 Å². The minimum Gasteiger partial charge on any atom is -0.370 e. The van der Waals surface area contributed by atoms with Crippen molar-refractivity contribution in [1.29, 1.82) is 5.26 Å². The van der Waals surface area contributed by atoms with Gasteiger partial charge in [0.25, 0.3) is 0 Å². The van der Waals surface area contributed by atoms with Crippen LogP contribution in [0.1, 0.15) is 38.5 Å². The summed E-state index contributed by atoms with van der Waals surface area (Å²) in [5.74, 6) is 0.817. The van der Waals surface area contributed by atoms with Gasteiger partial charge in [-0.3, -0.25) is 0 Å². The second-order valence-electron chi connectivity index (χ2n) is 5.19. The fraction of sp³-hybridized carbons (Fsp3) is 0.562. The summed E-state index contributed by atoms with van der Waals surface area (Å²) in [6.07, 6.45) is 7.49. The van der Waals surface area contributed by atoms with E-state index in [1.807, 2.05) is 6.07 Å². The predicted octanol–water partition coefficient (Wildman–Crippen LogP) is 3.99. The van der Waals surface area contributed by atoms with Crippen molar-refractivity contribution in [3.8, 4) is 6.07 Å². The highest BCUT2D eigenvalue weighted by molar-refractivity contribution is 5.46. The summed E-state index contributed by atoms with van der Waals surface area (Å²) in [5.41, 5.74) is 1.26. The lowest BCUT2D eigenvalue weighted by Crippen LogP contribution is -2.31. The van der Waals surface area contributed by atoms with Crippen LogP contribution in [-0.2, 0) is 0 Å². The summed E-state index contributed by atoms with van der Waals surface area (Å²) in [4.78, 5) is 2.39. The molecule has 0 spiro atoms. The Kier molecular flexibility index (Phi) is 5.08. The summed E-state index contributed by atoms with van der Waals surface area (Å²) < 4.78 is 0. The van der Waals surface area contributed by atoms with E-state index in [2.05, 4.69) is 35.2 Å². The van der Waals surface area contributed by atoms with E-state index in [1.165, 1.54) is 37.8 Å². The van der Waals surface area contributed by atoms with Gasteiger partial charge in [-0.25, -0.2) is 0 Å². The van der Waals surface area contributed by atoms with E-state index in [4.69, 9.17) is 5.26 Å². The first-order chi connectivity index (χ1) is 8.90. The van der Waals surface area contributed by atoms with Crippen molar-refractivity contribution >= 4 is 5.69 Å². The predicted molar refractivity (Wildman–Crippen MR) is 75.5 cm³/mol. The largest absolute Gasteiger partial charge is 0.370 e. The van der Waals surface area contributed by atoms with Gasteiger partial charge >= 0.3 is 0 Å². The zero-order chi connectivity index (χ0) is 12.6. The zero-order valence-electron chi connectivity index (χ0n) is 11.0. The summed E-state index contributed by atoms with van der Waals surface area (Å²) in [5, 5.41) is 8.79. The number of nitrogens with zero attached hydrogens (tertiary/aromatic N) is 2. The fourth-order valence-electron chi connectivity index (χ4n) is 2.83. The third-order valence-electron chi connectivity index (χ3n) is 3.82. The molecule has 18 heavy (non-hydrogen) atoms. The smallest absolute Gasteiger partial charge is 0.0640 e. The van der Waals surface area contributed by atoms with Crippen LogP contribution in [-0.4, -0.2) is 13.1 Å². The highest BCUT2D eigenvalue weighted by Crippen LogP contribution is 2.26. The Morgan fingerprint density at radius 2 is 1.83 bits per heavy atom. The molecule has 96 valence electrons. The van der Waals surface area contributed by atoms with Crippen molar-refractivity contribution in [2.24, 2.45) is 5.92 Å². The Labute approximate surface area is 110 Å². The van der Waals surface area contributed by atoms with Gasteiger partial charge in [0.05, 0.1) is 12.5 Å². The third-order valence-corrected chi connectivity index (χ3v) is 3.82. The molecule has 0 N–H and O–H groups in total. The molecule has 2 rings (SSSR count). The number of anilines is 1. The van der Waals surface area contributed by atoms with E-state index in [1.54, 1.807) is 0 Å². The van der Waals surface area contributed by atoms with Crippen molar-refractivity contribution in [3.05, 3.63) is 30.3 Å². The van der Waals surface area contributed by atoms with Crippen LogP contribution in [0, 0.1) is 17.2 Å². The van der Waals surface area contributed by atoms with E-state index in [9.17, 15) is 0 Å². The van der Waals surface area contributed by atoms with Crippen molar-refractivity contribution in [1.82, 2.24) is 0 Å². The van der Waals surface area contributed by atoms with Crippen LogP contribution in [0.2, 0.25) is 0 Å². The van der Waals surface area contributed by atoms with E-state index in [-0.39, 0.29) is 0 Å². The van der Waals surface area contributed by atoms with Gasteiger partial charge in [-0.2, -0.15) is 5.26 Å². The standard InChI is InChI=1S/C16H22N2/c17-12-7-13-18(16-10-5-2-6-11-16)14-15-8-3-1-4-9-15/h2,5-6,10-11,15H,1,3-4,7-9,13-14H2. The maximum absolute atomic E-state index is 8.79. The summed E-state index contributed by atoms with van der Waals surface area (Å²) >= 11 is 0. The summed E-state index contributed by atoms with van der Waals surface area (Å²) in [6.45, 7) is 1.97. The van der Waals surface area contributed by atoms with Crippen LogP contribution in [0.3, 0.4) is 0 Å². The molecule has 1 aliphatic carbocycles. The number of rotatable bonds is 5. The first-order valence-corrected chi connectivity index (χ1v) is 7.07. The van der Waals surface area contributed by atoms with Gasteiger partial charge in [0, 0.05) is 18.8 Å². The summed E-state index contributed by atoms with van der Waals surface area (Å²) in [7, 11) is 0. The Hall–Kier alpha value is -1.49. The fourth-order valence-corrected chi connectivity index (χ4v) is 2.83. The van der Waals surface area contributed by atoms with E-state index >= 15 is 0 Å². The third kappa shape index (κ3) is 3.77. The molecule has 0 amide bonds. The molecule has 0 saturated heterocycles. The lowest BCUT2D eigenvalue weighted by molar-refractivity contribution is 0.358. The maximum atomic E-state index is 8.79. The van der Waals surface area contributed by atoms with Crippen LogP contribution in [0.5, 0.6) is 0 Å². The van der Waals surface area contributed by atoms with Crippen molar-refractivity contribution in [3.63, 3.8) is 0 Å². The van der Waals surface area contributed by atoms with Crippen LogP contribution in [0.15, 0.2) is 30.3 Å². The Bertz CT molecular complexity index is 374. The first kappa shape index (κ1) is 13.0. The highest BCUT2D eigenvalue weighted by Gasteiger charge is 2.17. The minimum atomic E-state index is 0.613. The molecule has 1 saturated carbocycles. The molecule has 1 aliphatic rings. The van der Waals surface area contributed by atoms with Crippen LogP contribution in [0.4, 0.5) is 5.69 Å². The van der Waals surface area contributed by atoms with Crippen molar-refractivity contribution < 1.29 is 0 Å². The topological polar surface area (TPSA) is 27.0 Å². The molecule has 0 bridgehead atoms. The van der Waals surface area contributed by atoms with E-state index in [0.29, 0.717) is 6.42 Å². The first-order valence-electron chi connectivity index (χ1n) is 7.07. The zero-order valence-corrected chi connectivity index (χ0v) is 11.0. The molecule has 0 atom stereocenters. The lowest BCUT2D eigenvalue weighted by Gasteiger charge is -2.31. The molecule has 0 aliphatic heterocycles. The van der Waals surface area contributed by atoms with Crippen molar-refractivity contribution in [2.45, 2.75) is 38.5 Å². The SMILES string of the molecule is N#CCCN(CC1CCCCC1)c1ccccc1. The monoisotopic (exact) mass is 242 g/mol. The molecule has 1 aromatic carbocycles. The second-order valence-corrected chi connectivity index (χ2v) is 5.19. The number of nitriles is 1. The number of hydrogen-bond acceptors (Lipinski definition) is 2. The lowest BCUT2D eigenvalue weighted by atomic mass is 9.89. The van der Waals surface area contributed by atoms with Gasteiger partial charge in [-0.15, -0.1) is 0 Å². The van der Waals surface area contributed by atoms with Crippen molar-refractivity contribution in [2.75, 3.05) is 18.0 Å². The molecule has 2 nitrogen and oxygen atoms in total. The Morgan fingerprint density at radius 1 is 1.11 bits per heavy atom. The molecular weight excluding hydrogens is 220 g/mol. The second kappa shape index (κ2) is 7.06. The average Bonchev–Trinajstić information content (AvgIpc) is 2.45. The average molecular weight is 242 g/mol. The molecule has 0 radical (unpaired) electrons. The van der Waals surface area contributed by atoms with Gasteiger partial charge in [0.1, 0.15) is 0 Å². The van der Waals surface area contributed by atoms with Gasteiger partial charge in [0.15, 0.2) is 0 Å². The number of para-hydroxylation sites is 1. The van der Waals surface area contributed by atoms with Crippen LogP contribution in [0.25, 0.3) is 0 Å². The normalized spacial score (nSPS) is 16.2. The minimum absolute atomic E-state index is 0.613. The molecular formula is C16H22N2. The summed E-state index contributed by atoms with van der Waals surface area (Å²) in [6, 6.07) is 12.8. The van der Waals surface area contributed by atoms with Crippen LogP contribution < -0.4 is 4.90 Å². The molecule has 0 unspecified atom stereocenters. The van der Waals surface area contributed by atoms with E-state index < -0.39 is 0 Å². The Balaban J connectivity index is 1.98. The molecule has 0 heterocycles. The van der Waals surface area contributed by atoms with Gasteiger partial charge in [-0.1, -0.05) is 37.5 Å². The van der Waals surface area contributed by atoms with Gasteiger partial charge in [-0.05, 0) is 30.9 Å². The number of hydrogen-bond donors (Lipinski definition) is 0.